The zero-order valence-corrected chi connectivity index (χ0v) is 18.4. The normalized spacial score (nSPS) is 20.0. The summed E-state index contributed by atoms with van der Waals surface area (Å²) in [7, 11) is -2.21. The Kier molecular flexibility index (Phi) is 7.51. The van der Waals surface area contributed by atoms with Gasteiger partial charge in [0.2, 0.25) is 21.8 Å². The molecule has 10 heteroatoms. The van der Waals surface area contributed by atoms with Crippen LogP contribution in [0.5, 0.6) is 0 Å². The van der Waals surface area contributed by atoms with Crippen LogP contribution in [0.1, 0.15) is 19.3 Å². The first-order chi connectivity index (χ1) is 14.3. The van der Waals surface area contributed by atoms with E-state index in [1.165, 1.54) is 27.4 Å². The smallest absolute Gasteiger partial charge is 0.244 e. The van der Waals surface area contributed by atoms with E-state index in [2.05, 4.69) is 11.4 Å². The van der Waals surface area contributed by atoms with Gasteiger partial charge in [-0.05, 0) is 37.5 Å². The van der Waals surface area contributed by atoms with Gasteiger partial charge in [0.05, 0.1) is 24.8 Å². The molecule has 1 N–H and O–H groups in total. The summed E-state index contributed by atoms with van der Waals surface area (Å²) in [6.07, 6.45) is 6.37. The Morgan fingerprint density at radius 3 is 2.67 bits per heavy atom. The van der Waals surface area contributed by atoms with Crippen LogP contribution in [0, 0.1) is 5.92 Å². The second-order valence-electron chi connectivity index (χ2n) is 7.39. The molecule has 0 saturated carbocycles. The minimum absolute atomic E-state index is 0.0673. The topological polar surface area (TPSA) is 96.0 Å². The van der Waals surface area contributed by atoms with Gasteiger partial charge in [-0.15, -0.1) is 0 Å². The Morgan fingerprint density at radius 1 is 1.27 bits per heavy atom. The Labute approximate surface area is 181 Å². The number of benzene rings is 1. The lowest BCUT2D eigenvalue weighted by atomic mass is 9.93. The first kappa shape index (κ1) is 22.7. The molecule has 0 unspecified atom stereocenters. The summed E-state index contributed by atoms with van der Waals surface area (Å²) >= 11 is 6.14. The molecule has 1 saturated heterocycles. The average Bonchev–Trinajstić information content (AvgIpc) is 2.75. The van der Waals surface area contributed by atoms with Crippen molar-refractivity contribution in [2.45, 2.75) is 24.2 Å². The molecule has 1 aliphatic heterocycles. The number of anilines is 1. The number of hydrogen-bond acceptors (Lipinski definition) is 5. The molecule has 0 bridgehead atoms. The van der Waals surface area contributed by atoms with Crippen molar-refractivity contribution < 1.29 is 22.7 Å². The molecule has 1 heterocycles. The van der Waals surface area contributed by atoms with Gasteiger partial charge in [0.25, 0.3) is 0 Å². The minimum atomic E-state index is -3.80. The lowest BCUT2D eigenvalue weighted by Crippen LogP contribution is -2.40. The van der Waals surface area contributed by atoms with Gasteiger partial charge >= 0.3 is 0 Å². The molecule has 1 aromatic carbocycles. The monoisotopic (exact) mass is 455 g/mol. The van der Waals surface area contributed by atoms with Crippen molar-refractivity contribution >= 4 is 39.1 Å². The van der Waals surface area contributed by atoms with Crippen LogP contribution in [0.15, 0.2) is 35.2 Å². The largest absolute Gasteiger partial charge is 0.379 e. The van der Waals surface area contributed by atoms with Crippen molar-refractivity contribution in [2.75, 3.05) is 45.2 Å². The van der Waals surface area contributed by atoms with Crippen LogP contribution >= 0.6 is 11.6 Å². The van der Waals surface area contributed by atoms with Crippen molar-refractivity contribution in [3.8, 4) is 0 Å². The van der Waals surface area contributed by atoms with Crippen LogP contribution in [0.4, 0.5) is 5.69 Å². The molecule has 30 heavy (non-hydrogen) atoms. The van der Waals surface area contributed by atoms with Gasteiger partial charge in [0.15, 0.2) is 0 Å². The van der Waals surface area contributed by atoms with Crippen LogP contribution in [-0.4, -0.2) is 69.3 Å². The van der Waals surface area contributed by atoms with Gasteiger partial charge < -0.3 is 15.0 Å². The molecule has 0 aromatic heterocycles. The number of amides is 2. The minimum Gasteiger partial charge on any atom is -0.379 e. The number of ether oxygens (including phenoxy) is 1. The molecule has 1 atom stereocenters. The van der Waals surface area contributed by atoms with Crippen molar-refractivity contribution in [1.82, 2.24) is 9.21 Å². The number of likely N-dealkylation sites (N-methyl/N-ethyl adjacent to an activating group) is 1. The van der Waals surface area contributed by atoms with Gasteiger partial charge in [-0.1, -0.05) is 23.8 Å². The Morgan fingerprint density at radius 2 is 2.00 bits per heavy atom. The highest BCUT2D eigenvalue weighted by Gasteiger charge is 2.29. The Hall–Kier alpha value is -1.94. The maximum atomic E-state index is 12.9. The van der Waals surface area contributed by atoms with Crippen molar-refractivity contribution in [1.29, 1.82) is 0 Å². The highest BCUT2D eigenvalue weighted by Crippen LogP contribution is 2.28. The number of hydrogen-bond donors (Lipinski definition) is 1. The average molecular weight is 456 g/mol. The summed E-state index contributed by atoms with van der Waals surface area (Å²) in [5.74, 6) is -0.580. The standard InChI is InChI=1S/C20H26ClN3O5S/c1-23(20(26)15-5-3-2-4-6-15)14-19(25)22-16-7-8-17(21)18(13-16)30(27,28)24-9-11-29-12-10-24/h2-3,7-8,13,15H,4-6,9-12,14H2,1H3,(H,22,25)/t15-/m1/s1. The summed E-state index contributed by atoms with van der Waals surface area (Å²) in [4.78, 5) is 26.3. The quantitative estimate of drug-likeness (QED) is 0.663. The highest BCUT2D eigenvalue weighted by molar-refractivity contribution is 7.89. The molecule has 0 spiro atoms. The van der Waals surface area contributed by atoms with Gasteiger partial charge in [0, 0.05) is 31.7 Å². The molecule has 1 fully saturated rings. The highest BCUT2D eigenvalue weighted by atomic mass is 35.5. The lowest BCUT2D eigenvalue weighted by molar-refractivity contribution is -0.137. The third kappa shape index (κ3) is 5.40. The molecule has 2 aliphatic rings. The second kappa shape index (κ2) is 9.91. The fourth-order valence-electron chi connectivity index (χ4n) is 3.53. The van der Waals surface area contributed by atoms with Crippen LogP contribution in [0.3, 0.4) is 0 Å². The number of sulfonamides is 1. The van der Waals surface area contributed by atoms with Crippen LogP contribution in [0.2, 0.25) is 5.02 Å². The number of nitrogens with one attached hydrogen (secondary N) is 1. The second-order valence-corrected chi connectivity index (χ2v) is 9.70. The number of carbonyl (C=O) groups excluding carboxylic acids is 2. The third-order valence-electron chi connectivity index (χ3n) is 5.18. The summed E-state index contributed by atoms with van der Waals surface area (Å²) < 4.78 is 32.3. The lowest BCUT2D eigenvalue weighted by Gasteiger charge is -2.26. The molecule has 0 radical (unpaired) electrons. The number of rotatable bonds is 6. The zero-order chi connectivity index (χ0) is 21.7. The third-order valence-corrected chi connectivity index (χ3v) is 7.56. The molecule has 8 nitrogen and oxygen atoms in total. The fraction of sp³-hybridized carbons (Fsp3) is 0.500. The zero-order valence-electron chi connectivity index (χ0n) is 16.8. The van der Waals surface area contributed by atoms with Crippen LogP contribution in [-0.2, 0) is 24.3 Å². The summed E-state index contributed by atoms with van der Waals surface area (Å²) in [5.41, 5.74) is 0.303. The van der Waals surface area contributed by atoms with Gasteiger partial charge in [-0.2, -0.15) is 4.31 Å². The van der Waals surface area contributed by atoms with E-state index in [0.717, 1.165) is 12.8 Å². The maximum Gasteiger partial charge on any atom is 0.244 e. The van der Waals surface area contributed by atoms with Crippen molar-refractivity contribution in [3.05, 3.63) is 35.4 Å². The Balaban J connectivity index is 1.66. The summed E-state index contributed by atoms with van der Waals surface area (Å²) in [6, 6.07) is 4.32. The van der Waals surface area contributed by atoms with E-state index < -0.39 is 15.9 Å². The van der Waals surface area contributed by atoms with Crippen LogP contribution in [0.25, 0.3) is 0 Å². The van der Waals surface area contributed by atoms with Gasteiger partial charge in [-0.3, -0.25) is 9.59 Å². The summed E-state index contributed by atoms with van der Waals surface area (Å²) in [6.45, 7) is 1.03. The summed E-state index contributed by atoms with van der Waals surface area (Å²) in [5, 5.41) is 2.74. The van der Waals surface area contributed by atoms with Crippen LogP contribution < -0.4 is 5.32 Å². The van der Waals surface area contributed by atoms with E-state index in [1.54, 1.807) is 7.05 Å². The van der Waals surface area contributed by atoms with Crippen molar-refractivity contribution in [3.63, 3.8) is 0 Å². The van der Waals surface area contributed by atoms with E-state index in [0.29, 0.717) is 25.3 Å². The first-order valence-electron chi connectivity index (χ1n) is 9.86. The maximum absolute atomic E-state index is 12.9. The number of allylic oxidation sites excluding steroid dienone is 2. The fourth-order valence-corrected chi connectivity index (χ4v) is 5.44. The number of halogens is 1. The molecule has 1 aliphatic carbocycles. The molecular formula is C20H26ClN3O5S. The molecule has 3 rings (SSSR count). The number of carbonyl (C=O) groups is 2. The van der Waals surface area contributed by atoms with E-state index in [9.17, 15) is 18.0 Å². The molecule has 164 valence electrons. The number of morpholine rings is 1. The Bertz CT molecular complexity index is 928. The predicted octanol–water partition coefficient (Wildman–Crippen LogP) is 2.11. The number of nitrogens with zero attached hydrogens (tertiary/aromatic N) is 2. The molecule has 2 amide bonds. The molecular weight excluding hydrogens is 430 g/mol. The van der Waals surface area contributed by atoms with E-state index in [1.807, 2.05) is 6.08 Å². The first-order valence-corrected chi connectivity index (χ1v) is 11.7. The predicted molar refractivity (Wildman–Crippen MR) is 114 cm³/mol. The van der Waals surface area contributed by atoms with E-state index in [-0.39, 0.29) is 41.4 Å². The van der Waals surface area contributed by atoms with E-state index >= 15 is 0 Å². The molecule has 1 aromatic rings. The van der Waals surface area contributed by atoms with Crippen molar-refractivity contribution in [2.24, 2.45) is 5.92 Å². The van der Waals surface area contributed by atoms with Gasteiger partial charge in [0.1, 0.15) is 4.90 Å². The van der Waals surface area contributed by atoms with E-state index in [4.69, 9.17) is 16.3 Å². The van der Waals surface area contributed by atoms with Gasteiger partial charge in [-0.25, -0.2) is 8.42 Å². The SMILES string of the molecule is CN(CC(=O)Nc1ccc(Cl)c(S(=O)(=O)N2CCOCC2)c1)C(=O)[C@@H]1CC=CCC1.